The summed E-state index contributed by atoms with van der Waals surface area (Å²) in [5.74, 6) is -0.871. The molecule has 1 aliphatic rings. The first-order valence-electron chi connectivity index (χ1n) is 11.2. The van der Waals surface area contributed by atoms with Gasteiger partial charge in [-0.15, -0.1) is 0 Å². The summed E-state index contributed by atoms with van der Waals surface area (Å²) in [6, 6.07) is 20.6. The van der Waals surface area contributed by atoms with Crippen LogP contribution in [0.5, 0.6) is 0 Å². The molecule has 3 atom stereocenters. The second-order valence-corrected chi connectivity index (χ2v) is 8.64. The maximum absolute atomic E-state index is 13.5. The number of aliphatic hydroxyl groups excluding tert-OH is 1. The summed E-state index contributed by atoms with van der Waals surface area (Å²) in [6.07, 6.45) is 1.40. The molecule has 0 aliphatic carbocycles. The average Bonchev–Trinajstić information content (AvgIpc) is 3.29. The largest absolute Gasteiger partial charge is 0.391 e. The monoisotopic (exact) mass is 448 g/mol. The lowest BCUT2D eigenvalue weighted by Gasteiger charge is -2.38. The van der Waals surface area contributed by atoms with Crippen molar-refractivity contribution in [3.05, 3.63) is 107 Å². The van der Waals surface area contributed by atoms with Gasteiger partial charge in [-0.3, -0.25) is 0 Å². The van der Waals surface area contributed by atoms with Gasteiger partial charge in [0.05, 0.1) is 24.9 Å². The number of rotatable bonds is 6. The van der Waals surface area contributed by atoms with Crippen LogP contribution in [0, 0.1) is 11.6 Å². The number of ether oxygens (including phenoxy) is 1. The summed E-state index contributed by atoms with van der Waals surface area (Å²) < 4.78 is 33.3. The molecule has 4 nitrogen and oxygen atoms in total. The molecule has 4 aromatic rings. The van der Waals surface area contributed by atoms with Crippen LogP contribution < -0.4 is 5.32 Å². The Kier molecular flexibility index (Phi) is 6.22. The molecule has 0 amide bonds. The third-order valence-electron chi connectivity index (χ3n) is 6.44. The maximum atomic E-state index is 13.5. The Hall–Kier alpha value is -3.06. The van der Waals surface area contributed by atoms with E-state index in [-0.39, 0.29) is 29.7 Å². The Morgan fingerprint density at radius 1 is 0.939 bits per heavy atom. The summed E-state index contributed by atoms with van der Waals surface area (Å²) in [6.45, 7) is 0.966. The molecule has 170 valence electrons. The molecule has 2 heterocycles. The lowest BCUT2D eigenvalue weighted by atomic mass is 9.82. The molecule has 5 rings (SSSR count). The van der Waals surface area contributed by atoms with Gasteiger partial charge >= 0.3 is 0 Å². The van der Waals surface area contributed by atoms with Crippen molar-refractivity contribution in [2.45, 2.75) is 37.1 Å². The van der Waals surface area contributed by atoms with Crippen LogP contribution in [0.2, 0.25) is 0 Å². The number of hydrogen-bond acceptors (Lipinski definition) is 3. The van der Waals surface area contributed by atoms with Gasteiger partial charge in [-0.25, -0.2) is 8.78 Å². The maximum Gasteiger partial charge on any atom is 0.123 e. The summed E-state index contributed by atoms with van der Waals surface area (Å²) in [5, 5.41) is 15.5. The van der Waals surface area contributed by atoms with E-state index >= 15 is 0 Å². The molecule has 1 fully saturated rings. The summed E-state index contributed by atoms with van der Waals surface area (Å²) in [5.41, 5.74) is 3.96. The summed E-state index contributed by atoms with van der Waals surface area (Å²) in [4.78, 5) is 3.19. The first-order chi connectivity index (χ1) is 16.1. The van der Waals surface area contributed by atoms with Crippen LogP contribution in [0.1, 0.15) is 29.0 Å². The molecule has 0 bridgehead atoms. The second-order valence-electron chi connectivity index (χ2n) is 8.64. The summed E-state index contributed by atoms with van der Waals surface area (Å²) >= 11 is 0. The number of aromatic nitrogens is 1. The number of H-pyrrole nitrogens is 1. The van der Waals surface area contributed by atoms with Crippen LogP contribution in [0.4, 0.5) is 8.78 Å². The van der Waals surface area contributed by atoms with Crippen LogP contribution in [-0.4, -0.2) is 34.9 Å². The van der Waals surface area contributed by atoms with E-state index in [0.29, 0.717) is 19.6 Å². The molecule has 6 heteroatoms. The van der Waals surface area contributed by atoms with Gasteiger partial charge in [0, 0.05) is 30.6 Å². The number of benzene rings is 3. The van der Waals surface area contributed by atoms with Crippen molar-refractivity contribution < 1.29 is 18.6 Å². The number of hydrogen-bond donors (Lipinski definition) is 3. The van der Waals surface area contributed by atoms with Crippen LogP contribution in [0.25, 0.3) is 10.9 Å². The normalized spacial score (nSPS) is 21.0. The van der Waals surface area contributed by atoms with E-state index in [1.54, 1.807) is 24.3 Å². The lowest BCUT2D eigenvalue weighted by Crippen LogP contribution is -2.50. The van der Waals surface area contributed by atoms with Gasteiger partial charge in [-0.05, 0) is 64.5 Å². The SMILES string of the molecule is O[C@@H]1C[C@@H](C(c2ccc(F)cc2)c2ccc(F)cc2)OC[C@H]1NCc1ccc2[nH]ccc2c1. The zero-order chi connectivity index (χ0) is 22.8. The highest BCUT2D eigenvalue weighted by Gasteiger charge is 2.35. The van der Waals surface area contributed by atoms with Crippen LogP contribution in [0.3, 0.4) is 0 Å². The number of nitrogens with one attached hydrogen (secondary N) is 2. The van der Waals surface area contributed by atoms with Gasteiger partial charge in [0.25, 0.3) is 0 Å². The van der Waals surface area contributed by atoms with E-state index in [1.165, 1.54) is 24.3 Å². The van der Waals surface area contributed by atoms with Crippen molar-refractivity contribution >= 4 is 10.9 Å². The summed E-state index contributed by atoms with van der Waals surface area (Å²) in [7, 11) is 0. The Morgan fingerprint density at radius 2 is 1.61 bits per heavy atom. The van der Waals surface area contributed by atoms with E-state index in [0.717, 1.165) is 27.6 Å². The smallest absolute Gasteiger partial charge is 0.123 e. The molecule has 0 saturated carbocycles. The molecule has 0 unspecified atom stereocenters. The first kappa shape index (κ1) is 21.8. The Bertz CT molecular complexity index is 1160. The predicted octanol–water partition coefficient (Wildman–Crippen LogP) is 4.89. The number of halogens is 2. The van der Waals surface area contributed by atoms with Gasteiger partial charge < -0.3 is 20.1 Å². The zero-order valence-corrected chi connectivity index (χ0v) is 18.0. The molecule has 1 aromatic heterocycles. The third kappa shape index (κ3) is 4.83. The highest BCUT2D eigenvalue weighted by atomic mass is 19.1. The van der Waals surface area contributed by atoms with Crippen molar-refractivity contribution in [3.63, 3.8) is 0 Å². The molecule has 1 aliphatic heterocycles. The number of aliphatic hydroxyl groups is 1. The minimum atomic E-state index is -0.608. The molecule has 3 N–H and O–H groups in total. The highest BCUT2D eigenvalue weighted by Crippen LogP contribution is 2.35. The van der Waals surface area contributed by atoms with E-state index in [4.69, 9.17) is 4.74 Å². The lowest BCUT2D eigenvalue weighted by molar-refractivity contribution is -0.0718. The van der Waals surface area contributed by atoms with E-state index in [9.17, 15) is 13.9 Å². The average molecular weight is 449 g/mol. The fraction of sp³-hybridized carbons (Fsp3) is 0.259. The van der Waals surface area contributed by atoms with Crippen molar-refractivity contribution in [2.75, 3.05) is 6.61 Å². The van der Waals surface area contributed by atoms with Gasteiger partial charge in [0.2, 0.25) is 0 Å². The first-order valence-corrected chi connectivity index (χ1v) is 11.2. The van der Waals surface area contributed by atoms with Crippen LogP contribution in [0.15, 0.2) is 79.0 Å². The van der Waals surface area contributed by atoms with Crippen LogP contribution in [-0.2, 0) is 11.3 Å². The number of fused-ring (bicyclic) bond motifs is 1. The van der Waals surface area contributed by atoms with E-state index < -0.39 is 6.10 Å². The Morgan fingerprint density at radius 3 is 2.24 bits per heavy atom. The van der Waals surface area contributed by atoms with Gasteiger partial charge in [0.1, 0.15) is 11.6 Å². The molecular weight excluding hydrogens is 422 g/mol. The molecular formula is C27H26F2N2O2. The molecule has 33 heavy (non-hydrogen) atoms. The third-order valence-corrected chi connectivity index (χ3v) is 6.44. The molecule has 0 radical (unpaired) electrons. The van der Waals surface area contributed by atoms with Crippen LogP contribution >= 0.6 is 0 Å². The quantitative estimate of drug-likeness (QED) is 0.394. The predicted molar refractivity (Wildman–Crippen MR) is 124 cm³/mol. The van der Waals surface area contributed by atoms with E-state index in [2.05, 4.69) is 22.4 Å². The highest BCUT2D eigenvalue weighted by molar-refractivity contribution is 5.79. The van der Waals surface area contributed by atoms with Crippen molar-refractivity contribution in [1.29, 1.82) is 0 Å². The Balaban J connectivity index is 1.29. The Labute approximate surface area is 191 Å². The molecule has 3 aromatic carbocycles. The van der Waals surface area contributed by atoms with Gasteiger partial charge in [-0.1, -0.05) is 30.3 Å². The standard InChI is InChI=1S/C27H26F2N2O2/c28-21-6-2-18(3-7-21)27(19-4-8-22(29)9-5-19)26-14-25(32)24(16-33-26)31-15-17-1-10-23-20(13-17)11-12-30-23/h1-13,24-27,30-32H,14-16H2/t24-,25-,26+/m1/s1. The fourth-order valence-corrected chi connectivity index (χ4v) is 4.66. The minimum absolute atomic E-state index is 0.203. The van der Waals surface area contributed by atoms with Crippen molar-refractivity contribution in [2.24, 2.45) is 0 Å². The minimum Gasteiger partial charge on any atom is -0.391 e. The molecule has 1 saturated heterocycles. The zero-order valence-electron chi connectivity index (χ0n) is 18.0. The van der Waals surface area contributed by atoms with Crippen molar-refractivity contribution in [1.82, 2.24) is 10.3 Å². The van der Waals surface area contributed by atoms with Gasteiger partial charge in [-0.2, -0.15) is 0 Å². The van der Waals surface area contributed by atoms with E-state index in [1.807, 2.05) is 18.3 Å². The number of aromatic amines is 1. The van der Waals surface area contributed by atoms with Gasteiger partial charge in [0.15, 0.2) is 0 Å². The second kappa shape index (κ2) is 9.43. The molecule has 0 spiro atoms. The van der Waals surface area contributed by atoms with Crippen molar-refractivity contribution in [3.8, 4) is 0 Å². The fourth-order valence-electron chi connectivity index (χ4n) is 4.66. The topological polar surface area (TPSA) is 57.3 Å².